The molecule has 1 heterocycles. The van der Waals surface area contributed by atoms with Crippen molar-refractivity contribution in [3.05, 3.63) is 18.2 Å². The lowest BCUT2D eigenvalue weighted by Gasteiger charge is -2.16. The average molecular weight is 269 g/mol. The van der Waals surface area contributed by atoms with Gasteiger partial charge in [-0.15, -0.1) is 0 Å². The summed E-state index contributed by atoms with van der Waals surface area (Å²) in [5.74, 6) is 0.794. The Bertz CT molecular complexity index is 374. The zero-order chi connectivity index (χ0) is 13.6. The van der Waals surface area contributed by atoms with Gasteiger partial charge >= 0.3 is 0 Å². The Morgan fingerprint density at radius 2 is 2.28 bits per heavy atom. The molecule has 2 N–H and O–H groups in total. The third-order valence-electron chi connectivity index (χ3n) is 2.62. The van der Waals surface area contributed by atoms with Gasteiger partial charge in [-0.3, -0.25) is 0 Å². The number of aldehydes is 1. The van der Waals surface area contributed by atoms with Crippen LogP contribution in [0.5, 0.6) is 0 Å². The molecule has 0 aromatic carbocycles. The number of aromatic nitrogens is 2. The number of carbonyl (C=O) groups excluding carboxylic acids is 1. The van der Waals surface area contributed by atoms with E-state index in [1.165, 1.54) is 0 Å². The number of carbonyl (C=O) groups is 1. The molecule has 5 nitrogen and oxygen atoms in total. The minimum atomic E-state index is -1.04. The number of hydrogen-bond acceptors (Lipinski definition) is 4. The first-order valence-electron chi connectivity index (χ1n) is 6.21. The average Bonchev–Trinajstić information content (AvgIpc) is 2.70. The molecular formula is C12H23N3O2Si. The Hall–Kier alpha value is -0.983. The lowest BCUT2D eigenvalue weighted by Crippen LogP contribution is -2.26. The zero-order valence-corrected chi connectivity index (χ0v) is 12.4. The minimum Gasteiger partial charge on any atom is -0.361 e. The first-order valence-corrected chi connectivity index (χ1v) is 9.92. The van der Waals surface area contributed by atoms with Crippen molar-refractivity contribution in [2.75, 3.05) is 6.61 Å². The largest absolute Gasteiger partial charge is 0.361 e. The second-order valence-electron chi connectivity index (χ2n) is 5.67. The van der Waals surface area contributed by atoms with E-state index in [1.54, 1.807) is 6.20 Å². The van der Waals surface area contributed by atoms with Crippen molar-refractivity contribution in [3.63, 3.8) is 0 Å². The van der Waals surface area contributed by atoms with Gasteiger partial charge in [-0.25, -0.2) is 4.98 Å². The quantitative estimate of drug-likeness (QED) is 0.438. The Morgan fingerprint density at radius 1 is 1.56 bits per heavy atom. The van der Waals surface area contributed by atoms with Gasteiger partial charge in [0, 0.05) is 33.5 Å². The highest BCUT2D eigenvalue weighted by molar-refractivity contribution is 6.76. The molecule has 6 heteroatoms. The van der Waals surface area contributed by atoms with E-state index in [9.17, 15) is 4.79 Å². The number of rotatable bonds is 8. The van der Waals surface area contributed by atoms with E-state index in [0.717, 1.165) is 24.8 Å². The van der Waals surface area contributed by atoms with Gasteiger partial charge in [0.15, 0.2) is 0 Å². The Labute approximate surface area is 109 Å². The van der Waals surface area contributed by atoms with Crippen molar-refractivity contribution in [3.8, 4) is 0 Å². The molecule has 0 saturated carbocycles. The van der Waals surface area contributed by atoms with Gasteiger partial charge in [0.2, 0.25) is 0 Å². The summed E-state index contributed by atoms with van der Waals surface area (Å²) in [5.41, 5.74) is 5.59. The normalized spacial score (nSPS) is 13.6. The van der Waals surface area contributed by atoms with Crippen LogP contribution in [0.1, 0.15) is 5.82 Å². The molecule has 0 bridgehead atoms. The summed E-state index contributed by atoms with van der Waals surface area (Å²) in [6.45, 7) is 8.21. The first-order chi connectivity index (χ1) is 8.42. The minimum absolute atomic E-state index is 0.452. The lowest BCUT2D eigenvalue weighted by atomic mass is 10.2. The molecule has 0 radical (unpaired) electrons. The fourth-order valence-corrected chi connectivity index (χ4v) is 2.20. The van der Waals surface area contributed by atoms with Crippen molar-refractivity contribution in [2.24, 2.45) is 5.73 Å². The highest BCUT2D eigenvalue weighted by Gasteiger charge is 2.12. The van der Waals surface area contributed by atoms with Crippen molar-refractivity contribution < 1.29 is 9.53 Å². The standard InChI is InChI=1S/C12H23N3O2Si/c1-18(2,3)7-6-17-10-15-5-4-14-12(15)8-11(13)9-16/h4-5,9,11H,6-8,10,13H2,1-3H3/t11-/m0/s1. The van der Waals surface area contributed by atoms with Gasteiger partial charge in [0.05, 0.1) is 6.04 Å². The maximum Gasteiger partial charge on any atom is 0.137 e. The molecule has 1 aromatic heterocycles. The molecule has 1 rings (SSSR count). The van der Waals surface area contributed by atoms with Gasteiger partial charge in [0.1, 0.15) is 18.8 Å². The zero-order valence-electron chi connectivity index (χ0n) is 11.4. The number of nitrogens with two attached hydrogens (primary N) is 1. The Balaban J connectivity index is 2.38. The topological polar surface area (TPSA) is 70.1 Å². The van der Waals surface area contributed by atoms with Crippen molar-refractivity contribution >= 4 is 14.4 Å². The van der Waals surface area contributed by atoms with Crippen molar-refractivity contribution in [1.29, 1.82) is 0 Å². The van der Waals surface area contributed by atoms with Gasteiger partial charge < -0.3 is 19.8 Å². The Kier molecular flexibility index (Phi) is 5.71. The van der Waals surface area contributed by atoms with E-state index < -0.39 is 14.1 Å². The lowest BCUT2D eigenvalue weighted by molar-refractivity contribution is -0.108. The van der Waals surface area contributed by atoms with Gasteiger partial charge in [-0.05, 0) is 6.04 Å². The molecule has 102 valence electrons. The van der Waals surface area contributed by atoms with Crippen LogP contribution >= 0.6 is 0 Å². The van der Waals surface area contributed by atoms with Crippen molar-refractivity contribution in [1.82, 2.24) is 9.55 Å². The molecule has 1 atom stereocenters. The molecule has 0 aliphatic rings. The second kappa shape index (κ2) is 6.82. The molecule has 0 unspecified atom stereocenters. The highest BCUT2D eigenvalue weighted by Crippen LogP contribution is 2.08. The summed E-state index contributed by atoms with van der Waals surface area (Å²) < 4.78 is 7.53. The van der Waals surface area contributed by atoms with Crippen molar-refractivity contribution in [2.45, 2.75) is 44.9 Å². The molecule has 0 spiro atoms. The van der Waals surface area contributed by atoms with E-state index in [-0.39, 0.29) is 0 Å². The predicted octanol–water partition coefficient (Wildman–Crippen LogP) is 1.26. The van der Waals surface area contributed by atoms with Crippen LogP contribution in [-0.2, 0) is 22.7 Å². The summed E-state index contributed by atoms with van der Waals surface area (Å²) in [6, 6.07) is 0.651. The molecule has 0 amide bonds. The highest BCUT2D eigenvalue weighted by atomic mass is 28.3. The SMILES string of the molecule is C[Si](C)(C)CCOCn1ccnc1C[C@H](N)C=O. The van der Waals surface area contributed by atoms with Crippen LogP contribution < -0.4 is 5.73 Å². The van der Waals surface area contributed by atoms with E-state index in [1.807, 2.05) is 10.8 Å². The maximum absolute atomic E-state index is 10.5. The summed E-state index contributed by atoms with van der Waals surface area (Å²) in [4.78, 5) is 14.7. The van der Waals surface area contributed by atoms with Crippen LogP contribution in [0.4, 0.5) is 0 Å². The fourth-order valence-electron chi connectivity index (χ4n) is 1.45. The monoisotopic (exact) mass is 269 g/mol. The molecular weight excluding hydrogens is 246 g/mol. The van der Waals surface area contributed by atoms with Gasteiger partial charge in [0.25, 0.3) is 0 Å². The second-order valence-corrected chi connectivity index (χ2v) is 11.3. The molecule has 0 fully saturated rings. The summed E-state index contributed by atoms with van der Waals surface area (Å²) in [7, 11) is -1.04. The smallest absolute Gasteiger partial charge is 0.137 e. The van der Waals surface area contributed by atoms with Crippen LogP contribution in [0, 0.1) is 0 Å². The van der Waals surface area contributed by atoms with E-state index >= 15 is 0 Å². The Morgan fingerprint density at radius 3 is 2.89 bits per heavy atom. The molecule has 0 aliphatic heterocycles. The van der Waals surface area contributed by atoms with Gasteiger partial charge in [-0.2, -0.15) is 0 Å². The summed E-state index contributed by atoms with van der Waals surface area (Å²) in [6.07, 6.45) is 4.75. The first kappa shape index (κ1) is 15.1. The van der Waals surface area contributed by atoms with E-state index in [4.69, 9.17) is 10.5 Å². The number of ether oxygens (including phenoxy) is 1. The fraction of sp³-hybridized carbons (Fsp3) is 0.667. The van der Waals surface area contributed by atoms with E-state index in [0.29, 0.717) is 13.2 Å². The van der Waals surface area contributed by atoms with Crippen LogP contribution in [0.3, 0.4) is 0 Å². The number of nitrogens with zero attached hydrogens (tertiary/aromatic N) is 2. The molecule has 18 heavy (non-hydrogen) atoms. The molecule has 0 aliphatic carbocycles. The number of hydrogen-bond donors (Lipinski definition) is 1. The van der Waals surface area contributed by atoms with Crippen LogP contribution in [0.15, 0.2) is 12.4 Å². The molecule has 0 saturated heterocycles. The van der Waals surface area contributed by atoms with Crippen LogP contribution in [0.2, 0.25) is 25.7 Å². The third kappa shape index (κ3) is 5.57. The van der Waals surface area contributed by atoms with Crippen LogP contribution in [-0.4, -0.2) is 36.6 Å². The summed E-state index contributed by atoms with van der Waals surface area (Å²) in [5, 5.41) is 0. The predicted molar refractivity (Wildman–Crippen MR) is 74.1 cm³/mol. The van der Waals surface area contributed by atoms with Crippen LogP contribution in [0.25, 0.3) is 0 Å². The summed E-state index contributed by atoms with van der Waals surface area (Å²) >= 11 is 0. The third-order valence-corrected chi connectivity index (χ3v) is 4.33. The molecule has 1 aromatic rings. The maximum atomic E-state index is 10.5. The number of imidazole rings is 1. The van der Waals surface area contributed by atoms with E-state index in [2.05, 4.69) is 24.6 Å². The van der Waals surface area contributed by atoms with Gasteiger partial charge in [-0.1, -0.05) is 19.6 Å².